The third kappa shape index (κ3) is 4.84. The molecule has 2 saturated heterocycles. The van der Waals surface area contributed by atoms with Crippen LogP contribution in [0.5, 0.6) is 0 Å². The fourth-order valence-electron chi connectivity index (χ4n) is 7.05. The monoisotopic (exact) mass is 405 g/mol. The number of carbonyl (C=O) groups excluding carboxylic acids is 1. The summed E-state index contributed by atoms with van der Waals surface area (Å²) in [6, 6.07) is 0. The van der Waals surface area contributed by atoms with Crippen molar-refractivity contribution in [3.63, 3.8) is 0 Å². The van der Waals surface area contributed by atoms with E-state index in [1.807, 2.05) is 0 Å². The summed E-state index contributed by atoms with van der Waals surface area (Å²) >= 11 is 0. The standard InChI is InChI=1S/C22H40BN3O3/c24-14-15-2-1-3-17(12-15)16-7-10-26(11-8-16)22(27)19-4-5-20-18(13-19)6-9-25-21(20)23(28)29/h15-21,25,28-29H,1-14,24H2. The molecule has 2 saturated carbocycles. The molecule has 0 aromatic carbocycles. The van der Waals surface area contributed by atoms with Crippen LogP contribution in [0, 0.1) is 35.5 Å². The number of hydrogen-bond acceptors (Lipinski definition) is 5. The summed E-state index contributed by atoms with van der Waals surface area (Å²) in [4.78, 5) is 15.4. The van der Waals surface area contributed by atoms with Crippen molar-refractivity contribution in [1.29, 1.82) is 0 Å². The molecule has 29 heavy (non-hydrogen) atoms. The third-order valence-electron chi connectivity index (χ3n) is 8.74. The van der Waals surface area contributed by atoms with Crippen LogP contribution in [0.4, 0.5) is 0 Å². The SMILES string of the molecule is NCC1CCCC(C2CCN(C(=O)C3CCC4C(CCNC4B(O)O)C3)CC2)C1. The first kappa shape index (κ1) is 21.6. The minimum atomic E-state index is -1.30. The summed E-state index contributed by atoms with van der Waals surface area (Å²) in [6.07, 6.45) is 11.4. The van der Waals surface area contributed by atoms with E-state index < -0.39 is 7.12 Å². The van der Waals surface area contributed by atoms with Gasteiger partial charge in [-0.25, -0.2) is 0 Å². The minimum absolute atomic E-state index is 0.138. The maximum atomic E-state index is 13.2. The van der Waals surface area contributed by atoms with Gasteiger partial charge in [-0.2, -0.15) is 0 Å². The lowest BCUT2D eigenvalue weighted by Gasteiger charge is -2.45. The summed E-state index contributed by atoms with van der Waals surface area (Å²) in [5.74, 6) is 3.33. The van der Waals surface area contributed by atoms with Crippen LogP contribution < -0.4 is 11.1 Å². The van der Waals surface area contributed by atoms with Crippen LogP contribution in [0.2, 0.25) is 0 Å². The molecule has 0 aromatic heterocycles. The number of fused-ring (bicyclic) bond motifs is 1. The average molecular weight is 405 g/mol. The largest absolute Gasteiger partial charge is 0.469 e. The summed E-state index contributed by atoms with van der Waals surface area (Å²) in [7, 11) is -1.30. The van der Waals surface area contributed by atoms with E-state index in [2.05, 4.69) is 10.2 Å². The predicted molar refractivity (Wildman–Crippen MR) is 115 cm³/mol. The van der Waals surface area contributed by atoms with Crippen LogP contribution in [-0.4, -0.2) is 60.1 Å². The molecule has 7 heteroatoms. The average Bonchev–Trinajstić information content (AvgIpc) is 2.77. The van der Waals surface area contributed by atoms with Crippen LogP contribution in [0.1, 0.15) is 64.2 Å². The molecule has 0 bridgehead atoms. The van der Waals surface area contributed by atoms with E-state index in [1.54, 1.807) is 0 Å². The van der Waals surface area contributed by atoms with Crippen molar-refractivity contribution >= 4 is 13.0 Å². The summed E-state index contributed by atoms with van der Waals surface area (Å²) in [5.41, 5.74) is 5.93. The second-order valence-electron chi connectivity index (χ2n) is 10.3. The predicted octanol–water partition coefficient (Wildman–Crippen LogP) is 1.40. The molecule has 0 aromatic rings. The van der Waals surface area contributed by atoms with E-state index in [4.69, 9.17) is 5.73 Å². The summed E-state index contributed by atoms with van der Waals surface area (Å²) in [6.45, 7) is 3.51. The second kappa shape index (κ2) is 9.67. The Morgan fingerprint density at radius 3 is 2.48 bits per heavy atom. The lowest BCUT2D eigenvalue weighted by atomic mass is 9.59. The van der Waals surface area contributed by atoms with Crippen molar-refractivity contribution in [3.05, 3.63) is 0 Å². The zero-order chi connectivity index (χ0) is 20.4. The van der Waals surface area contributed by atoms with Gasteiger partial charge in [-0.3, -0.25) is 4.79 Å². The van der Waals surface area contributed by atoms with Gasteiger partial charge >= 0.3 is 7.12 Å². The molecule has 5 N–H and O–H groups in total. The highest BCUT2D eigenvalue weighted by Gasteiger charge is 2.44. The molecule has 0 spiro atoms. The fourth-order valence-corrected chi connectivity index (χ4v) is 7.05. The highest BCUT2D eigenvalue weighted by Crippen LogP contribution is 2.42. The highest BCUT2D eigenvalue weighted by atomic mass is 16.4. The molecule has 4 fully saturated rings. The smallest absolute Gasteiger partial charge is 0.426 e. The third-order valence-corrected chi connectivity index (χ3v) is 8.74. The van der Waals surface area contributed by atoms with Crippen molar-refractivity contribution in [3.8, 4) is 0 Å². The molecular weight excluding hydrogens is 365 g/mol. The normalized spacial score (nSPS) is 39.1. The Morgan fingerprint density at radius 1 is 0.966 bits per heavy atom. The lowest BCUT2D eigenvalue weighted by molar-refractivity contribution is -0.139. The van der Waals surface area contributed by atoms with Gasteiger partial charge in [0.1, 0.15) is 0 Å². The highest BCUT2D eigenvalue weighted by molar-refractivity contribution is 6.43. The summed E-state index contributed by atoms with van der Waals surface area (Å²) < 4.78 is 0. The van der Waals surface area contributed by atoms with E-state index in [0.717, 1.165) is 82.5 Å². The Morgan fingerprint density at radius 2 is 1.76 bits per heavy atom. The molecule has 2 aliphatic heterocycles. The van der Waals surface area contributed by atoms with Crippen molar-refractivity contribution in [1.82, 2.24) is 10.2 Å². The lowest BCUT2D eigenvalue weighted by Crippen LogP contribution is -2.57. The van der Waals surface area contributed by atoms with Gasteiger partial charge in [0.25, 0.3) is 0 Å². The number of rotatable bonds is 4. The first-order valence-electron chi connectivity index (χ1n) is 12.1. The number of piperidine rings is 2. The van der Waals surface area contributed by atoms with Crippen LogP contribution in [0.3, 0.4) is 0 Å². The first-order chi connectivity index (χ1) is 14.1. The zero-order valence-corrected chi connectivity index (χ0v) is 17.8. The number of nitrogens with one attached hydrogen (secondary N) is 1. The van der Waals surface area contributed by atoms with E-state index >= 15 is 0 Å². The molecule has 6 atom stereocenters. The first-order valence-corrected chi connectivity index (χ1v) is 12.1. The molecule has 6 unspecified atom stereocenters. The molecule has 2 aliphatic carbocycles. The number of likely N-dealkylation sites (tertiary alicyclic amines) is 1. The number of carbonyl (C=O) groups is 1. The molecule has 4 aliphatic rings. The van der Waals surface area contributed by atoms with Crippen LogP contribution in [0.25, 0.3) is 0 Å². The van der Waals surface area contributed by atoms with Gasteiger partial charge in [0.15, 0.2) is 0 Å². The van der Waals surface area contributed by atoms with E-state index in [9.17, 15) is 14.8 Å². The van der Waals surface area contributed by atoms with Gasteiger partial charge in [-0.1, -0.05) is 12.8 Å². The van der Waals surface area contributed by atoms with Gasteiger partial charge in [-0.15, -0.1) is 0 Å². The van der Waals surface area contributed by atoms with Gasteiger partial charge < -0.3 is 26.0 Å². The minimum Gasteiger partial charge on any atom is -0.426 e. The van der Waals surface area contributed by atoms with E-state index in [-0.39, 0.29) is 11.9 Å². The molecular formula is C22H40BN3O3. The van der Waals surface area contributed by atoms with Crippen molar-refractivity contribution < 1.29 is 14.8 Å². The van der Waals surface area contributed by atoms with Crippen LogP contribution >= 0.6 is 0 Å². The summed E-state index contributed by atoms with van der Waals surface area (Å²) in [5, 5.41) is 22.6. The molecule has 164 valence electrons. The Bertz CT molecular complexity index is 555. The van der Waals surface area contributed by atoms with Crippen LogP contribution in [0.15, 0.2) is 0 Å². The second-order valence-corrected chi connectivity index (χ2v) is 10.3. The quantitative estimate of drug-likeness (QED) is 0.530. The topological polar surface area (TPSA) is 98.8 Å². The molecule has 6 nitrogen and oxygen atoms in total. The molecule has 2 heterocycles. The van der Waals surface area contributed by atoms with Crippen molar-refractivity contribution in [2.75, 3.05) is 26.2 Å². The molecule has 4 rings (SSSR count). The van der Waals surface area contributed by atoms with Gasteiger partial charge in [-0.05, 0) is 94.0 Å². The maximum absolute atomic E-state index is 13.2. The fraction of sp³-hybridized carbons (Fsp3) is 0.955. The van der Waals surface area contributed by atoms with Crippen LogP contribution in [-0.2, 0) is 4.79 Å². The van der Waals surface area contributed by atoms with E-state index in [0.29, 0.717) is 17.7 Å². The Balaban J connectivity index is 1.27. The number of amides is 1. The number of hydrogen-bond donors (Lipinski definition) is 4. The number of nitrogens with two attached hydrogens (primary N) is 1. The van der Waals surface area contributed by atoms with Crippen molar-refractivity contribution in [2.45, 2.75) is 70.1 Å². The maximum Gasteiger partial charge on any atom is 0.469 e. The molecule has 1 amide bonds. The Labute approximate surface area is 176 Å². The molecule has 0 radical (unpaired) electrons. The van der Waals surface area contributed by atoms with Gasteiger partial charge in [0, 0.05) is 24.9 Å². The Kier molecular flexibility index (Phi) is 7.20. The zero-order valence-electron chi connectivity index (χ0n) is 17.8. The van der Waals surface area contributed by atoms with Gasteiger partial charge in [0.2, 0.25) is 5.91 Å². The Hall–Kier alpha value is -0.625. The van der Waals surface area contributed by atoms with E-state index in [1.165, 1.54) is 25.7 Å². The van der Waals surface area contributed by atoms with Gasteiger partial charge in [0.05, 0.1) is 0 Å². The van der Waals surface area contributed by atoms with Crippen molar-refractivity contribution in [2.24, 2.45) is 41.2 Å². The number of nitrogens with zero attached hydrogens (tertiary/aromatic N) is 1.